The van der Waals surface area contributed by atoms with E-state index < -0.39 is 6.04 Å². The molecule has 152 valence electrons. The Hall–Kier alpha value is -2.05. The highest BCUT2D eigenvalue weighted by atomic mass is 35.5. The molecule has 1 aliphatic heterocycles. The van der Waals surface area contributed by atoms with Crippen LogP contribution in [-0.4, -0.2) is 30.3 Å². The summed E-state index contributed by atoms with van der Waals surface area (Å²) < 4.78 is 0. The molecule has 0 spiro atoms. The van der Waals surface area contributed by atoms with Gasteiger partial charge in [0.2, 0.25) is 11.8 Å². The maximum absolute atomic E-state index is 12.7. The first kappa shape index (κ1) is 22.2. The van der Waals surface area contributed by atoms with Crippen LogP contribution in [0.2, 0.25) is 10.0 Å². The summed E-state index contributed by atoms with van der Waals surface area (Å²) in [6.45, 7) is 9.85. The standard InChI is InChI=1S/C20H25Cl2N3O3/c1-10(2)9-23-19(27)12(5)24-16-8-17(15(22)7-14(16)21)25-18(26)6-13(11(3)4)20(25)28/h7-8,10,12,24H,6,9H2,1-5H3,(H,23,27). The van der Waals surface area contributed by atoms with Crippen LogP contribution >= 0.6 is 23.2 Å². The molecule has 0 radical (unpaired) electrons. The van der Waals surface area contributed by atoms with Crippen molar-refractivity contribution in [3.05, 3.63) is 33.3 Å². The third-order valence-electron chi connectivity index (χ3n) is 4.37. The molecule has 1 atom stereocenters. The number of imide groups is 1. The average molecular weight is 426 g/mol. The molecule has 1 unspecified atom stereocenters. The van der Waals surface area contributed by atoms with Gasteiger partial charge in [-0.05, 0) is 38.8 Å². The maximum Gasteiger partial charge on any atom is 0.261 e. The zero-order valence-electron chi connectivity index (χ0n) is 16.7. The van der Waals surface area contributed by atoms with Crippen molar-refractivity contribution in [1.29, 1.82) is 0 Å². The molecular formula is C20H25Cl2N3O3. The van der Waals surface area contributed by atoms with Crippen molar-refractivity contribution in [3.8, 4) is 0 Å². The van der Waals surface area contributed by atoms with E-state index in [1.165, 1.54) is 12.1 Å². The monoisotopic (exact) mass is 425 g/mol. The second kappa shape index (κ2) is 8.97. The van der Waals surface area contributed by atoms with Crippen molar-refractivity contribution >= 4 is 52.3 Å². The van der Waals surface area contributed by atoms with Crippen molar-refractivity contribution in [2.45, 2.75) is 47.1 Å². The van der Waals surface area contributed by atoms with Crippen LogP contribution < -0.4 is 15.5 Å². The Morgan fingerprint density at radius 1 is 1.14 bits per heavy atom. The number of halogens is 2. The van der Waals surface area contributed by atoms with Crippen LogP contribution in [-0.2, 0) is 14.4 Å². The molecule has 6 nitrogen and oxygen atoms in total. The SMILES string of the molecule is CC(C)=C1CC(=O)N(c2cc(NC(C)C(=O)NCC(C)C)c(Cl)cc2Cl)C1=O. The van der Waals surface area contributed by atoms with E-state index in [0.717, 1.165) is 10.5 Å². The number of carbonyl (C=O) groups is 3. The fourth-order valence-corrected chi connectivity index (χ4v) is 3.29. The van der Waals surface area contributed by atoms with E-state index in [1.807, 2.05) is 13.8 Å². The van der Waals surface area contributed by atoms with Gasteiger partial charge < -0.3 is 10.6 Å². The molecule has 1 heterocycles. The molecule has 1 saturated heterocycles. The Balaban J connectivity index is 2.30. The van der Waals surface area contributed by atoms with Gasteiger partial charge in [0.1, 0.15) is 6.04 Å². The summed E-state index contributed by atoms with van der Waals surface area (Å²) in [6.07, 6.45) is 0.0386. The van der Waals surface area contributed by atoms with Gasteiger partial charge in [-0.1, -0.05) is 42.6 Å². The highest BCUT2D eigenvalue weighted by Crippen LogP contribution is 2.38. The van der Waals surface area contributed by atoms with Crippen molar-refractivity contribution in [2.75, 3.05) is 16.8 Å². The van der Waals surface area contributed by atoms with Crippen LogP contribution in [0.25, 0.3) is 0 Å². The van der Waals surface area contributed by atoms with Gasteiger partial charge in [-0.3, -0.25) is 14.4 Å². The quantitative estimate of drug-likeness (QED) is 0.529. The summed E-state index contributed by atoms with van der Waals surface area (Å²) in [7, 11) is 0. The van der Waals surface area contributed by atoms with E-state index >= 15 is 0 Å². The molecule has 1 aromatic rings. The lowest BCUT2D eigenvalue weighted by Crippen LogP contribution is -2.39. The first-order valence-corrected chi connectivity index (χ1v) is 9.85. The molecule has 3 amide bonds. The predicted octanol–water partition coefficient (Wildman–Crippen LogP) is 4.17. The summed E-state index contributed by atoms with van der Waals surface area (Å²) >= 11 is 12.5. The third-order valence-corrected chi connectivity index (χ3v) is 4.98. The number of benzene rings is 1. The lowest BCUT2D eigenvalue weighted by molar-refractivity contribution is -0.122. The summed E-state index contributed by atoms with van der Waals surface area (Å²) in [5.74, 6) is -0.582. The second-order valence-electron chi connectivity index (χ2n) is 7.48. The lowest BCUT2D eigenvalue weighted by Gasteiger charge is -2.21. The second-order valence-corrected chi connectivity index (χ2v) is 8.29. The molecule has 2 rings (SSSR count). The first-order chi connectivity index (χ1) is 13.0. The van der Waals surface area contributed by atoms with Crippen molar-refractivity contribution in [2.24, 2.45) is 5.92 Å². The van der Waals surface area contributed by atoms with Crippen LogP contribution in [0, 0.1) is 5.92 Å². The topological polar surface area (TPSA) is 78.5 Å². The van der Waals surface area contributed by atoms with E-state index in [4.69, 9.17) is 23.2 Å². The molecule has 28 heavy (non-hydrogen) atoms. The van der Waals surface area contributed by atoms with Gasteiger partial charge in [0.15, 0.2) is 0 Å². The first-order valence-electron chi connectivity index (χ1n) is 9.09. The molecule has 0 aromatic heterocycles. The van der Waals surface area contributed by atoms with Crippen LogP contribution in [0.4, 0.5) is 11.4 Å². The summed E-state index contributed by atoms with van der Waals surface area (Å²) in [4.78, 5) is 38.4. The molecule has 8 heteroatoms. The smallest absolute Gasteiger partial charge is 0.261 e. The largest absolute Gasteiger partial charge is 0.373 e. The number of hydrogen-bond acceptors (Lipinski definition) is 4. The molecule has 1 aromatic carbocycles. The lowest BCUT2D eigenvalue weighted by atomic mass is 10.1. The Kier molecular flexibility index (Phi) is 7.12. The molecular weight excluding hydrogens is 401 g/mol. The number of hydrogen-bond donors (Lipinski definition) is 2. The van der Waals surface area contributed by atoms with Gasteiger partial charge in [0.25, 0.3) is 5.91 Å². The van der Waals surface area contributed by atoms with E-state index in [9.17, 15) is 14.4 Å². The van der Waals surface area contributed by atoms with E-state index in [2.05, 4.69) is 10.6 Å². The Labute approximate surface area is 175 Å². The van der Waals surface area contributed by atoms with Crippen LogP contribution in [0.5, 0.6) is 0 Å². The third kappa shape index (κ3) is 4.86. The number of allylic oxidation sites excluding steroid dienone is 1. The number of rotatable bonds is 6. The summed E-state index contributed by atoms with van der Waals surface area (Å²) in [5.41, 5.74) is 1.92. The minimum atomic E-state index is -0.566. The molecule has 0 aliphatic carbocycles. The summed E-state index contributed by atoms with van der Waals surface area (Å²) in [6, 6.07) is 2.42. The Bertz CT molecular complexity index is 845. The van der Waals surface area contributed by atoms with Crippen molar-refractivity contribution < 1.29 is 14.4 Å². The van der Waals surface area contributed by atoms with E-state index in [0.29, 0.717) is 28.7 Å². The highest BCUT2D eigenvalue weighted by Gasteiger charge is 2.37. The number of nitrogens with zero attached hydrogens (tertiary/aromatic N) is 1. The van der Waals surface area contributed by atoms with Gasteiger partial charge in [-0.25, -0.2) is 4.90 Å². The molecule has 0 bridgehead atoms. The predicted molar refractivity (Wildman–Crippen MR) is 113 cm³/mol. The van der Waals surface area contributed by atoms with Gasteiger partial charge in [0.05, 0.1) is 27.8 Å². The van der Waals surface area contributed by atoms with Gasteiger partial charge in [0, 0.05) is 12.1 Å². The number of carbonyl (C=O) groups excluding carboxylic acids is 3. The van der Waals surface area contributed by atoms with Crippen LogP contribution in [0.1, 0.15) is 41.0 Å². The van der Waals surface area contributed by atoms with E-state index in [1.54, 1.807) is 20.8 Å². The Morgan fingerprint density at radius 2 is 1.79 bits per heavy atom. The van der Waals surface area contributed by atoms with Crippen LogP contribution in [0.3, 0.4) is 0 Å². The molecule has 1 aliphatic rings. The van der Waals surface area contributed by atoms with Crippen LogP contribution in [0.15, 0.2) is 23.3 Å². The number of anilines is 2. The van der Waals surface area contributed by atoms with E-state index in [-0.39, 0.29) is 34.9 Å². The number of amides is 3. The zero-order valence-corrected chi connectivity index (χ0v) is 18.2. The van der Waals surface area contributed by atoms with Crippen molar-refractivity contribution in [3.63, 3.8) is 0 Å². The minimum absolute atomic E-state index is 0.0386. The molecule has 0 saturated carbocycles. The fraction of sp³-hybridized carbons (Fsp3) is 0.450. The minimum Gasteiger partial charge on any atom is -0.373 e. The summed E-state index contributed by atoms with van der Waals surface area (Å²) in [5, 5.41) is 6.34. The maximum atomic E-state index is 12.7. The number of nitrogens with one attached hydrogen (secondary N) is 2. The molecule has 1 fully saturated rings. The van der Waals surface area contributed by atoms with Gasteiger partial charge in [-0.15, -0.1) is 0 Å². The fourth-order valence-electron chi connectivity index (χ4n) is 2.76. The molecule has 2 N–H and O–H groups in total. The van der Waals surface area contributed by atoms with Gasteiger partial charge >= 0.3 is 0 Å². The zero-order chi connectivity index (χ0) is 21.2. The highest BCUT2D eigenvalue weighted by molar-refractivity contribution is 6.40. The average Bonchev–Trinajstić information content (AvgIpc) is 2.90. The van der Waals surface area contributed by atoms with Gasteiger partial charge in [-0.2, -0.15) is 0 Å². The normalized spacial score (nSPS) is 15.3. The van der Waals surface area contributed by atoms with Crippen molar-refractivity contribution in [1.82, 2.24) is 5.32 Å². The Morgan fingerprint density at radius 3 is 2.32 bits per heavy atom.